The number of ether oxygens (including phenoxy) is 1. The molecular weight excluding hydrogens is 288 g/mol. The van der Waals surface area contributed by atoms with Crippen molar-refractivity contribution >= 4 is 22.7 Å². The van der Waals surface area contributed by atoms with Crippen molar-refractivity contribution in [2.75, 3.05) is 7.11 Å². The van der Waals surface area contributed by atoms with Crippen LogP contribution in [0.4, 0.5) is 0 Å². The van der Waals surface area contributed by atoms with E-state index in [2.05, 4.69) is 9.97 Å². The van der Waals surface area contributed by atoms with Crippen molar-refractivity contribution in [3.05, 3.63) is 41.0 Å². The van der Waals surface area contributed by atoms with Gasteiger partial charge >= 0.3 is 6.01 Å². The molecule has 1 aromatic carbocycles. The summed E-state index contributed by atoms with van der Waals surface area (Å²) in [6.45, 7) is 0. The Morgan fingerprint density at radius 2 is 2.16 bits per heavy atom. The van der Waals surface area contributed by atoms with Gasteiger partial charge in [0.05, 0.1) is 18.6 Å². The van der Waals surface area contributed by atoms with Gasteiger partial charge in [-0.2, -0.15) is 9.97 Å². The standard InChI is InChI=1S/C12H11ClN2O3S/c1-18-12-14-10(6-11(13)15-12)9-4-2-3-8(5-9)7-19(16)17/h2-6H,7H2,1H3,(H,16,17). The van der Waals surface area contributed by atoms with E-state index in [0.29, 0.717) is 5.69 Å². The Kier molecular flexibility index (Phi) is 4.47. The van der Waals surface area contributed by atoms with E-state index >= 15 is 0 Å². The lowest BCUT2D eigenvalue weighted by atomic mass is 10.1. The van der Waals surface area contributed by atoms with Gasteiger partial charge in [-0.1, -0.05) is 29.8 Å². The monoisotopic (exact) mass is 298 g/mol. The number of halogens is 1. The minimum atomic E-state index is -1.88. The fraction of sp³-hybridized carbons (Fsp3) is 0.167. The number of rotatable bonds is 4. The third-order valence-corrected chi connectivity index (χ3v) is 3.14. The number of methoxy groups -OCH3 is 1. The molecule has 0 radical (unpaired) electrons. The van der Waals surface area contributed by atoms with Gasteiger partial charge in [0.2, 0.25) is 0 Å². The minimum Gasteiger partial charge on any atom is -0.467 e. The topological polar surface area (TPSA) is 72.3 Å². The fourth-order valence-corrected chi connectivity index (χ4v) is 2.24. The third-order valence-electron chi connectivity index (χ3n) is 2.37. The number of hydrogen-bond acceptors (Lipinski definition) is 4. The summed E-state index contributed by atoms with van der Waals surface area (Å²) in [6, 6.07) is 8.98. The van der Waals surface area contributed by atoms with Crippen molar-refractivity contribution in [1.82, 2.24) is 9.97 Å². The molecule has 0 aliphatic rings. The van der Waals surface area contributed by atoms with Crippen molar-refractivity contribution in [2.24, 2.45) is 0 Å². The van der Waals surface area contributed by atoms with Crippen molar-refractivity contribution in [1.29, 1.82) is 0 Å². The second-order valence-electron chi connectivity index (χ2n) is 3.73. The van der Waals surface area contributed by atoms with Gasteiger partial charge in [-0.25, -0.2) is 4.21 Å². The van der Waals surface area contributed by atoms with Crippen LogP contribution in [0.5, 0.6) is 6.01 Å². The maximum absolute atomic E-state index is 10.8. The first kappa shape index (κ1) is 13.9. The molecule has 1 heterocycles. The predicted octanol–water partition coefficient (Wildman–Crippen LogP) is 2.53. The lowest BCUT2D eigenvalue weighted by molar-refractivity contribution is 0.380. The van der Waals surface area contributed by atoms with Gasteiger partial charge < -0.3 is 9.29 Å². The molecule has 0 aliphatic heterocycles. The van der Waals surface area contributed by atoms with Gasteiger partial charge in [0.15, 0.2) is 11.1 Å². The number of nitrogens with zero attached hydrogens (tertiary/aromatic N) is 2. The quantitative estimate of drug-likeness (QED) is 0.693. The maximum atomic E-state index is 10.8. The second-order valence-corrected chi connectivity index (χ2v) is 5.05. The Bertz CT molecular complexity index is 622. The van der Waals surface area contributed by atoms with Gasteiger partial charge in [-0.3, -0.25) is 0 Å². The molecule has 1 N–H and O–H groups in total. The second kappa shape index (κ2) is 6.10. The molecule has 0 bridgehead atoms. The number of hydrogen-bond donors (Lipinski definition) is 1. The molecule has 0 saturated heterocycles. The van der Waals surface area contributed by atoms with Gasteiger partial charge in [0.25, 0.3) is 0 Å². The predicted molar refractivity (Wildman–Crippen MR) is 73.5 cm³/mol. The SMILES string of the molecule is COc1nc(Cl)cc(-c2cccc(CS(=O)O)c2)n1. The first-order chi connectivity index (χ1) is 9.08. The van der Waals surface area contributed by atoms with Crippen LogP contribution in [-0.2, 0) is 16.8 Å². The smallest absolute Gasteiger partial charge is 0.318 e. The van der Waals surface area contributed by atoms with Gasteiger partial charge in [0, 0.05) is 11.6 Å². The van der Waals surface area contributed by atoms with E-state index in [4.69, 9.17) is 20.9 Å². The molecule has 0 saturated carbocycles. The molecule has 2 rings (SSSR count). The summed E-state index contributed by atoms with van der Waals surface area (Å²) >= 11 is 4.01. The summed E-state index contributed by atoms with van der Waals surface area (Å²) in [5.74, 6) is 0.0732. The van der Waals surface area contributed by atoms with E-state index in [-0.39, 0.29) is 16.9 Å². The molecule has 19 heavy (non-hydrogen) atoms. The Labute approximate surface area is 117 Å². The zero-order valence-electron chi connectivity index (χ0n) is 10.0. The molecule has 100 valence electrons. The molecule has 0 aliphatic carbocycles. The van der Waals surface area contributed by atoms with E-state index in [0.717, 1.165) is 11.1 Å². The normalized spacial score (nSPS) is 12.2. The summed E-state index contributed by atoms with van der Waals surface area (Å²) < 4.78 is 24.7. The molecule has 5 nitrogen and oxygen atoms in total. The molecule has 7 heteroatoms. The number of benzene rings is 1. The largest absolute Gasteiger partial charge is 0.467 e. The molecule has 2 aromatic rings. The summed E-state index contributed by atoms with van der Waals surface area (Å²) in [7, 11) is 1.46. The summed E-state index contributed by atoms with van der Waals surface area (Å²) in [5, 5.41) is 0.276. The van der Waals surface area contributed by atoms with Crippen LogP contribution in [0.25, 0.3) is 11.3 Å². The molecule has 1 aromatic heterocycles. The van der Waals surface area contributed by atoms with Crippen LogP contribution >= 0.6 is 11.6 Å². The average Bonchev–Trinajstić information content (AvgIpc) is 2.37. The van der Waals surface area contributed by atoms with E-state index < -0.39 is 11.1 Å². The highest BCUT2D eigenvalue weighted by Gasteiger charge is 2.07. The Balaban J connectivity index is 2.41. The highest BCUT2D eigenvalue weighted by Crippen LogP contribution is 2.23. The summed E-state index contributed by atoms with van der Waals surface area (Å²) in [5.41, 5.74) is 2.13. The van der Waals surface area contributed by atoms with E-state index in [9.17, 15) is 4.21 Å². The van der Waals surface area contributed by atoms with E-state index in [1.165, 1.54) is 7.11 Å². The molecule has 0 fully saturated rings. The average molecular weight is 299 g/mol. The minimum absolute atomic E-state index is 0.0732. The van der Waals surface area contributed by atoms with Gasteiger partial charge in [0.1, 0.15) is 5.15 Å². The molecule has 0 amide bonds. The number of aromatic nitrogens is 2. The van der Waals surface area contributed by atoms with Gasteiger partial charge in [-0.05, 0) is 11.6 Å². The zero-order valence-corrected chi connectivity index (χ0v) is 11.6. The molecular formula is C12H11ClN2O3S. The first-order valence-electron chi connectivity index (χ1n) is 5.34. The fourth-order valence-electron chi connectivity index (χ4n) is 1.60. The highest BCUT2D eigenvalue weighted by atomic mass is 35.5. The third kappa shape index (κ3) is 3.73. The van der Waals surface area contributed by atoms with Crippen molar-refractivity contribution in [3.63, 3.8) is 0 Å². The van der Waals surface area contributed by atoms with Crippen LogP contribution in [0.3, 0.4) is 0 Å². The van der Waals surface area contributed by atoms with Crippen molar-refractivity contribution < 1.29 is 13.5 Å². The van der Waals surface area contributed by atoms with Crippen molar-refractivity contribution in [2.45, 2.75) is 5.75 Å². The summed E-state index contributed by atoms with van der Waals surface area (Å²) in [6.07, 6.45) is 0. The van der Waals surface area contributed by atoms with E-state index in [1.807, 2.05) is 6.07 Å². The lowest BCUT2D eigenvalue weighted by Gasteiger charge is -2.05. The zero-order chi connectivity index (χ0) is 13.8. The van der Waals surface area contributed by atoms with E-state index in [1.54, 1.807) is 24.3 Å². The Morgan fingerprint density at radius 3 is 2.84 bits per heavy atom. The Hall–Kier alpha value is -1.50. The lowest BCUT2D eigenvalue weighted by Crippen LogP contribution is -1.96. The highest BCUT2D eigenvalue weighted by molar-refractivity contribution is 7.78. The van der Waals surface area contributed by atoms with Crippen LogP contribution < -0.4 is 4.74 Å². The van der Waals surface area contributed by atoms with Crippen LogP contribution in [0, 0.1) is 0 Å². The molecule has 1 atom stereocenters. The van der Waals surface area contributed by atoms with Crippen molar-refractivity contribution in [3.8, 4) is 17.3 Å². The van der Waals surface area contributed by atoms with Crippen LogP contribution in [0.15, 0.2) is 30.3 Å². The van der Waals surface area contributed by atoms with Crippen LogP contribution in [0.1, 0.15) is 5.56 Å². The maximum Gasteiger partial charge on any atom is 0.318 e. The van der Waals surface area contributed by atoms with Crippen LogP contribution in [0.2, 0.25) is 5.15 Å². The molecule has 1 unspecified atom stereocenters. The summed E-state index contributed by atoms with van der Waals surface area (Å²) in [4.78, 5) is 8.08. The Morgan fingerprint density at radius 1 is 1.37 bits per heavy atom. The van der Waals surface area contributed by atoms with Crippen LogP contribution in [-0.4, -0.2) is 25.8 Å². The van der Waals surface area contributed by atoms with Gasteiger partial charge in [-0.15, -0.1) is 0 Å². The first-order valence-corrected chi connectivity index (χ1v) is 6.99. The molecule has 0 spiro atoms.